The molecule has 0 bridgehead atoms. The van der Waals surface area contributed by atoms with Crippen molar-refractivity contribution < 1.29 is 4.79 Å². The molecule has 1 aliphatic heterocycles. The lowest BCUT2D eigenvalue weighted by atomic mass is 10.1. The molecule has 0 saturated carbocycles. The average molecular weight is 218 g/mol. The quantitative estimate of drug-likeness (QED) is 0.827. The highest BCUT2D eigenvalue weighted by atomic mass is 16.2. The van der Waals surface area contributed by atoms with Gasteiger partial charge in [0.15, 0.2) is 0 Å². The zero-order chi connectivity index (χ0) is 11.5. The van der Waals surface area contributed by atoms with Crippen molar-refractivity contribution in [2.45, 2.75) is 19.8 Å². The number of amides is 1. The lowest BCUT2D eigenvalue weighted by Crippen LogP contribution is -2.25. The van der Waals surface area contributed by atoms with Crippen molar-refractivity contribution >= 4 is 11.6 Å². The molecule has 0 saturated heterocycles. The van der Waals surface area contributed by atoms with E-state index in [2.05, 4.69) is 23.5 Å². The van der Waals surface area contributed by atoms with Crippen LogP contribution in [0.25, 0.3) is 0 Å². The second kappa shape index (κ2) is 4.66. The predicted molar refractivity (Wildman–Crippen MR) is 65.8 cm³/mol. The van der Waals surface area contributed by atoms with Gasteiger partial charge >= 0.3 is 0 Å². The van der Waals surface area contributed by atoms with Crippen molar-refractivity contribution in [1.82, 2.24) is 5.32 Å². The standard InChI is InChI=1S/C13H18N2O/c1-3-15-12-5-4-10(6-7-14-2)8-11(12)9-13(15)16/h4-5,8,14H,3,6-7,9H2,1-2H3. The number of likely N-dealkylation sites (N-methyl/N-ethyl adjacent to an activating group) is 2. The molecule has 0 atom stereocenters. The van der Waals surface area contributed by atoms with Crippen LogP contribution in [0.2, 0.25) is 0 Å². The Labute approximate surface area is 96.5 Å². The van der Waals surface area contributed by atoms with E-state index < -0.39 is 0 Å². The number of nitrogens with zero attached hydrogens (tertiary/aromatic N) is 1. The fraction of sp³-hybridized carbons (Fsp3) is 0.462. The van der Waals surface area contributed by atoms with Gasteiger partial charge in [0.05, 0.1) is 6.42 Å². The Kier molecular flexibility index (Phi) is 3.25. The van der Waals surface area contributed by atoms with Crippen molar-refractivity contribution in [2.75, 3.05) is 25.0 Å². The van der Waals surface area contributed by atoms with Crippen molar-refractivity contribution in [1.29, 1.82) is 0 Å². The van der Waals surface area contributed by atoms with Crippen LogP contribution >= 0.6 is 0 Å². The predicted octanol–water partition coefficient (Wildman–Crippen LogP) is 1.36. The van der Waals surface area contributed by atoms with Gasteiger partial charge in [-0.3, -0.25) is 4.79 Å². The van der Waals surface area contributed by atoms with Gasteiger partial charge in [-0.05, 0) is 44.1 Å². The van der Waals surface area contributed by atoms with E-state index in [4.69, 9.17) is 0 Å². The third-order valence-corrected chi connectivity index (χ3v) is 3.06. The molecule has 1 aromatic carbocycles. The number of carbonyl (C=O) groups is 1. The summed E-state index contributed by atoms with van der Waals surface area (Å²) in [5.74, 6) is 0.225. The number of benzene rings is 1. The number of fused-ring (bicyclic) bond motifs is 1. The zero-order valence-corrected chi connectivity index (χ0v) is 9.92. The Bertz CT molecular complexity index is 401. The van der Waals surface area contributed by atoms with Crippen molar-refractivity contribution in [2.24, 2.45) is 0 Å². The van der Waals surface area contributed by atoms with E-state index in [0.29, 0.717) is 6.42 Å². The lowest BCUT2D eigenvalue weighted by Gasteiger charge is -2.14. The van der Waals surface area contributed by atoms with Crippen LogP contribution in [-0.4, -0.2) is 26.0 Å². The number of hydrogen-bond acceptors (Lipinski definition) is 2. The number of nitrogens with one attached hydrogen (secondary N) is 1. The largest absolute Gasteiger partial charge is 0.319 e. The molecule has 2 rings (SSSR count). The van der Waals surface area contributed by atoms with Crippen molar-refractivity contribution in [3.8, 4) is 0 Å². The molecule has 1 aliphatic rings. The molecule has 1 aromatic rings. The monoisotopic (exact) mass is 218 g/mol. The summed E-state index contributed by atoms with van der Waals surface area (Å²) in [5, 5.41) is 3.14. The van der Waals surface area contributed by atoms with Gasteiger partial charge in [-0.1, -0.05) is 12.1 Å². The molecular weight excluding hydrogens is 200 g/mol. The van der Waals surface area contributed by atoms with E-state index >= 15 is 0 Å². The summed E-state index contributed by atoms with van der Waals surface area (Å²) in [5.41, 5.74) is 3.58. The van der Waals surface area contributed by atoms with E-state index in [-0.39, 0.29) is 5.91 Å². The second-order valence-electron chi connectivity index (χ2n) is 4.13. The number of carbonyl (C=O) groups excluding carboxylic acids is 1. The minimum atomic E-state index is 0.225. The van der Waals surface area contributed by atoms with E-state index in [9.17, 15) is 4.79 Å². The maximum absolute atomic E-state index is 11.7. The van der Waals surface area contributed by atoms with Crippen LogP contribution in [0.5, 0.6) is 0 Å². The summed E-state index contributed by atoms with van der Waals surface area (Å²) in [4.78, 5) is 13.6. The van der Waals surface area contributed by atoms with E-state index in [0.717, 1.165) is 25.2 Å². The first-order valence-electron chi connectivity index (χ1n) is 5.83. The number of rotatable bonds is 4. The minimum Gasteiger partial charge on any atom is -0.319 e. The minimum absolute atomic E-state index is 0.225. The molecule has 3 heteroatoms. The molecule has 0 aliphatic carbocycles. The SMILES string of the molecule is CCN1C(=O)Cc2cc(CCNC)ccc21. The summed E-state index contributed by atoms with van der Waals surface area (Å²) in [7, 11) is 1.95. The second-order valence-corrected chi connectivity index (χ2v) is 4.13. The van der Waals surface area contributed by atoms with Gasteiger partial charge in [0.2, 0.25) is 5.91 Å². The van der Waals surface area contributed by atoms with Crippen molar-refractivity contribution in [3.63, 3.8) is 0 Å². The number of anilines is 1. The van der Waals surface area contributed by atoms with Gasteiger partial charge in [-0.25, -0.2) is 0 Å². The first kappa shape index (κ1) is 11.1. The molecule has 0 spiro atoms. The Morgan fingerprint density at radius 3 is 2.94 bits per heavy atom. The molecule has 0 aromatic heterocycles. The van der Waals surface area contributed by atoms with Crippen molar-refractivity contribution in [3.05, 3.63) is 29.3 Å². The fourth-order valence-electron chi connectivity index (χ4n) is 2.21. The van der Waals surface area contributed by atoms with Crippen LogP contribution in [-0.2, 0) is 17.6 Å². The fourth-order valence-corrected chi connectivity index (χ4v) is 2.21. The molecule has 16 heavy (non-hydrogen) atoms. The van der Waals surface area contributed by atoms with Crippen LogP contribution in [0.4, 0.5) is 5.69 Å². The molecule has 1 heterocycles. The van der Waals surface area contributed by atoms with Gasteiger partial charge < -0.3 is 10.2 Å². The molecule has 1 N–H and O–H groups in total. The molecule has 3 nitrogen and oxygen atoms in total. The highest BCUT2D eigenvalue weighted by molar-refractivity contribution is 6.01. The summed E-state index contributed by atoms with van der Waals surface area (Å²) in [6.45, 7) is 3.76. The Morgan fingerprint density at radius 1 is 1.44 bits per heavy atom. The molecule has 86 valence electrons. The number of hydrogen-bond donors (Lipinski definition) is 1. The molecule has 0 radical (unpaired) electrons. The van der Waals surface area contributed by atoms with Crippen LogP contribution in [0.15, 0.2) is 18.2 Å². The van der Waals surface area contributed by atoms with Gasteiger partial charge in [-0.15, -0.1) is 0 Å². The van der Waals surface area contributed by atoms with Gasteiger partial charge in [0.1, 0.15) is 0 Å². The van der Waals surface area contributed by atoms with Crippen LogP contribution in [0, 0.1) is 0 Å². The Hall–Kier alpha value is -1.35. The maximum Gasteiger partial charge on any atom is 0.231 e. The lowest BCUT2D eigenvalue weighted by molar-refractivity contribution is -0.117. The Balaban J connectivity index is 2.22. The summed E-state index contributed by atoms with van der Waals surface area (Å²) in [6, 6.07) is 6.37. The summed E-state index contributed by atoms with van der Waals surface area (Å²) in [6.07, 6.45) is 1.58. The third kappa shape index (κ3) is 1.95. The first-order chi connectivity index (χ1) is 7.76. The van der Waals surface area contributed by atoms with Gasteiger partial charge in [-0.2, -0.15) is 0 Å². The van der Waals surface area contributed by atoms with E-state index in [1.54, 1.807) is 0 Å². The van der Waals surface area contributed by atoms with E-state index in [1.807, 2.05) is 18.9 Å². The highest BCUT2D eigenvalue weighted by Crippen LogP contribution is 2.29. The highest BCUT2D eigenvalue weighted by Gasteiger charge is 2.25. The smallest absolute Gasteiger partial charge is 0.231 e. The summed E-state index contributed by atoms with van der Waals surface area (Å²) < 4.78 is 0. The third-order valence-electron chi connectivity index (χ3n) is 3.06. The van der Waals surface area contributed by atoms with Crippen LogP contribution < -0.4 is 10.2 Å². The molecule has 0 fully saturated rings. The first-order valence-corrected chi connectivity index (χ1v) is 5.83. The van der Waals surface area contributed by atoms with Gasteiger partial charge in [0, 0.05) is 12.2 Å². The zero-order valence-electron chi connectivity index (χ0n) is 9.92. The normalized spacial score (nSPS) is 14.4. The van der Waals surface area contributed by atoms with E-state index in [1.165, 1.54) is 11.1 Å². The van der Waals surface area contributed by atoms with Crippen LogP contribution in [0.1, 0.15) is 18.1 Å². The summed E-state index contributed by atoms with van der Waals surface area (Å²) >= 11 is 0. The average Bonchev–Trinajstić information content (AvgIpc) is 2.60. The maximum atomic E-state index is 11.7. The molecule has 1 amide bonds. The molecular formula is C13H18N2O. The topological polar surface area (TPSA) is 32.3 Å². The molecule has 0 unspecified atom stereocenters. The van der Waals surface area contributed by atoms with Crippen LogP contribution in [0.3, 0.4) is 0 Å². The Morgan fingerprint density at radius 2 is 2.25 bits per heavy atom. The van der Waals surface area contributed by atoms with Gasteiger partial charge in [0.25, 0.3) is 0 Å².